The van der Waals surface area contributed by atoms with Crippen molar-refractivity contribution in [2.75, 3.05) is 6.54 Å². The Morgan fingerprint density at radius 2 is 2.31 bits per heavy atom. The van der Waals surface area contributed by atoms with Crippen LogP contribution in [0.2, 0.25) is 0 Å². The topological polar surface area (TPSA) is 42.0 Å². The van der Waals surface area contributed by atoms with E-state index in [0.717, 1.165) is 12.1 Å². The normalized spacial score (nSPS) is 9.69. The third kappa shape index (κ3) is 2.54. The zero-order chi connectivity index (χ0) is 9.68. The first kappa shape index (κ1) is 9.71. The summed E-state index contributed by atoms with van der Waals surface area (Å²) in [6.45, 7) is 4.58. The molecule has 1 aromatic heterocycles. The molecule has 1 N–H and O–H groups in total. The summed E-state index contributed by atoms with van der Waals surface area (Å²) in [6.07, 6.45) is 2.52. The number of hydrogen-bond donors (Lipinski definition) is 1. The molecule has 13 heavy (non-hydrogen) atoms. The van der Waals surface area contributed by atoms with Crippen molar-refractivity contribution in [1.82, 2.24) is 10.3 Å². The largest absolute Gasteiger partial charge is 0.352 e. The van der Waals surface area contributed by atoms with Crippen molar-refractivity contribution in [3.63, 3.8) is 0 Å². The van der Waals surface area contributed by atoms with E-state index in [0.29, 0.717) is 12.1 Å². The zero-order valence-corrected chi connectivity index (χ0v) is 8.00. The Morgan fingerprint density at radius 1 is 1.54 bits per heavy atom. The smallest absolute Gasteiger partial charge is 0.251 e. The summed E-state index contributed by atoms with van der Waals surface area (Å²) in [5, 5.41) is 2.75. The molecule has 0 aliphatic carbocycles. The van der Waals surface area contributed by atoms with Crippen LogP contribution in [0.1, 0.15) is 29.9 Å². The molecule has 0 radical (unpaired) electrons. The Hall–Kier alpha value is -1.38. The second-order valence-electron chi connectivity index (χ2n) is 2.75. The molecule has 0 saturated heterocycles. The van der Waals surface area contributed by atoms with Gasteiger partial charge in [0.15, 0.2) is 0 Å². The van der Waals surface area contributed by atoms with Crippen molar-refractivity contribution in [2.24, 2.45) is 0 Å². The lowest BCUT2D eigenvalue weighted by atomic mass is 10.2. The van der Waals surface area contributed by atoms with Gasteiger partial charge in [0.1, 0.15) is 0 Å². The Morgan fingerprint density at radius 3 is 2.92 bits per heavy atom. The van der Waals surface area contributed by atoms with Crippen molar-refractivity contribution in [3.05, 3.63) is 29.6 Å². The van der Waals surface area contributed by atoms with Crippen molar-refractivity contribution in [2.45, 2.75) is 20.3 Å². The van der Waals surface area contributed by atoms with E-state index in [1.54, 1.807) is 12.3 Å². The zero-order valence-electron chi connectivity index (χ0n) is 8.00. The fraction of sp³-hybridized carbons (Fsp3) is 0.400. The van der Waals surface area contributed by atoms with Crippen LogP contribution < -0.4 is 5.32 Å². The van der Waals surface area contributed by atoms with E-state index in [1.807, 2.05) is 19.9 Å². The molecule has 3 nitrogen and oxygen atoms in total. The van der Waals surface area contributed by atoms with Crippen LogP contribution in [-0.2, 0) is 6.42 Å². The van der Waals surface area contributed by atoms with Gasteiger partial charge in [0.2, 0.25) is 0 Å². The number of aromatic nitrogens is 1. The third-order valence-electron chi connectivity index (χ3n) is 1.78. The summed E-state index contributed by atoms with van der Waals surface area (Å²) in [5.41, 5.74) is 1.64. The molecule has 0 atom stereocenters. The Labute approximate surface area is 78.2 Å². The summed E-state index contributed by atoms with van der Waals surface area (Å²) < 4.78 is 0. The number of carbonyl (C=O) groups is 1. The number of nitrogens with one attached hydrogen (secondary N) is 1. The summed E-state index contributed by atoms with van der Waals surface area (Å²) in [4.78, 5) is 15.5. The first-order chi connectivity index (χ1) is 6.27. The third-order valence-corrected chi connectivity index (χ3v) is 1.78. The van der Waals surface area contributed by atoms with Gasteiger partial charge in [0, 0.05) is 24.0 Å². The van der Waals surface area contributed by atoms with Gasteiger partial charge in [0.25, 0.3) is 5.91 Å². The molecule has 0 fully saturated rings. The molecule has 0 aliphatic rings. The van der Waals surface area contributed by atoms with Crippen LogP contribution >= 0.6 is 0 Å². The first-order valence-electron chi connectivity index (χ1n) is 4.51. The highest BCUT2D eigenvalue weighted by Crippen LogP contribution is 2.01. The highest BCUT2D eigenvalue weighted by atomic mass is 16.1. The molecule has 3 heteroatoms. The van der Waals surface area contributed by atoms with Crippen molar-refractivity contribution in [3.8, 4) is 0 Å². The van der Waals surface area contributed by atoms with Crippen molar-refractivity contribution in [1.29, 1.82) is 0 Å². The summed E-state index contributed by atoms with van der Waals surface area (Å²) >= 11 is 0. The van der Waals surface area contributed by atoms with Gasteiger partial charge >= 0.3 is 0 Å². The molecule has 0 aromatic carbocycles. The number of amides is 1. The number of hydrogen-bond acceptors (Lipinski definition) is 2. The highest BCUT2D eigenvalue weighted by molar-refractivity contribution is 5.94. The monoisotopic (exact) mass is 178 g/mol. The maximum atomic E-state index is 11.4. The molecule has 0 bridgehead atoms. The molecule has 70 valence electrons. The number of carbonyl (C=O) groups excluding carboxylic acids is 1. The van der Waals surface area contributed by atoms with E-state index in [1.165, 1.54) is 0 Å². The van der Waals surface area contributed by atoms with Crippen LogP contribution in [0.25, 0.3) is 0 Å². The Kier molecular flexibility index (Phi) is 3.43. The van der Waals surface area contributed by atoms with E-state index >= 15 is 0 Å². The molecule has 1 heterocycles. The van der Waals surface area contributed by atoms with Crippen LogP contribution in [0.3, 0.4) is 0 Å². The average Bonchev–Trinajstić information content (AvgIpc) is 2.18. The van der Waals surface area contributed by atoms with Gasteiger partial charge in [-0.3, -0.25) is 9.78 Å². The number of pyridine rings is 1. The molecular weight excluding hydrogens is 164 g/mol. The molecule has 0 saturated carbocycles. The van der Waals surface area contributed by atoms with Crippen LogP contribution in [0.4, 0.5) is 0 Å². The minimum atomic E-state index is -0.0281. The van der Waals surface area contributed by atoms with Gasteiger partial charge in [0.05, 0.1) is 0 Å². The lowest BCUT2D eigenvalue weighted by Gasteiger charge is -2.02. The van der Waals surface area contributed by atoms with Crippen LogP contribution in [0.15, 0.2) is 18.3 Å². The molecule has 0 spiro atoms. The van der Waals surface area contributed by atoms with E-state index in [-0.39, 0.29) is 5.91 Å². The highest BCUT2D eigenvalue weighted by Gasteiger charge is 2.03. The standard InChI is InChI=1S/C10H14N2O/c1-3-9-7-8(5-6-12-9)10(13)11-4-2/h5-7H,3-4H2,1-2H3,(H,11,13). The van der Waals surface area contributed by atoms with Crippen molar-refractivity contribution < 1.29 is 4.79 Å². The number of rotatable bonds is 3. The lowest BCUT2D eigenvalue weighted by Crippen LogP contribution is -2.22. The number of aryl methyl sites for hydroxylation is 1. The van der Waals surface area contributed by atoms with Gasteiger partial charge in [-0.05, 0) is 25.5 Å². The van der Waals surface area contributed by atoms with Gasteiger partial charge in [-0.1, -0.05) is 6.92 Å². The maximum Gasteiger partial charge on any atom is 0.251 e. The minimum Gasteiger partial charge on any atom is -0.352 e. The van der Waals surface area contributed by atoms with Crippen LogP contribution in [0, 0.1) is 0 Å². The van der Waals surface area contributed by atoms with Gasteiger partial charge in [-0.25, -0.2) is 0 Å². The molecule has 1 rings (SSSR count). The Bertz CT molecular complexity index is 297. The first-order valence-corrected chi connectivity index (χ1v) is 4.51. The summed E-state index contributed by atoms with van der Waals surface area (Å²) in [5.74, 6) is -0.0281. The summed E-state index contributed by atoms with van der Waals surface area (Å²) in [7, 11) is 0. The van der Waals surface area contributed by atoms with E-state index in [9.17, 15) is 4.79 Å². The minimum absolute atomic E-state index is 0.0281. The molecule has 0 aliphatic heterocycles. The predicted octanol–water partition coefficient (Wildman–Crippen LogP) is 1.39. The molecule has 1 amide bonds. The van der Waals surface area contributed by atoms with Gasteiger partial charge in [-0.15, -0.1) is 0 Å². The number of nitrogens with zero attached hydrogens (tertiary/aromatic N) is 1. The van der Waals surface area contributed by atoms with Crippen molar-refractivity contribution >= 4 is 5.91 Å². The van der Waals surface area contributed by atoms with Crippen LogP contribution in [-0.4, -0.2) is 17.4 Å². The molecule has 1 aromatic rings. The van der Waals surface area contributed by atoms with E-state index in [2.05, 4.69) is 10.3 Å². The quantitative estimate of drug-likeness (QED) is 0.760. The predicted molar refractivity (Wildman–Crippen MR) is 51.6 cm³/mol. The van der Waals surface area contributed by atoms with Crippen LogP contribution in [0.5, 0.6) is 0 Å². The van der Waals surface area contributed by atoms with Gasteiger partial charge < -0.3 is 5.32 Å². The Balaban J connectivity index is 2.82. The lowest BCUT2D eigenvalue weighted by molar-refractivity contribution is 0.0955. The van der Waals surface area contributed by atoms with Gasteiger partial charge in [-0.2, -0.15) is 0 Å². The summed E-state index contributed by atoms with van der Waals surface area (Å²) in [6, 6.07) is 3.55. The van der Waals surface area contributed by atoms with E-state index in [4.69, 9.17) is 0 Å². The second kappa shape index (κ2) is 4.60. The molecular formula is C10H14N2O. The fourth-order valence-electron chi connectivity index (χ4n) is 1.08. The maximum absolute atomic E-state index is 11.4. The SMILES string of the molecule is CCNC(=O)c1ccnc(CC)c1. The van der Waals surface area contributed by atoms with E-state index < -0.39 is 0 Å². The second-order valence-corrected chi connectivity index (χ2v) is 2.75. The molecule has 0 unspecified atom stereocenters. The average molecular weight is 178 g/mol. The fourth-order valence-corrected chi connectivity index (χ4v) is 1.08.